The van der Waals surface area contributed by atoms with Gasteiger partial charge in [0, 0.05) is 18.6 Å². The van der Waals surface area contributed by atoms with E-state index >= 15 is 0 Å². The second kappa shape index (κ2) is 13.2. The number of hydrogen-bond acceptors (Lipinski definition) is 8. The molecule has 1 aromatic carbocycles. The first kappa shape index (κ1) is 25.1. The van der Waals surface area contributed by atoms with Crippen LogP contribution in [0.1, 0.15) is 63.7 Å². The first-order valence-electron chi connectivity index (χ1n) is 11.7. The molecule has 0 spiro atoms. The molecule has 8 heteroatoms. The van der Waals surface area contributed by atoms with E-state index in [1.54, 1.807) is 0 Å². The van der Waals surface area contributed by atoms with Gasteiger partial charge in [0.15, 0.2) is 12.6 Å². The van der Waals surface area contributed by atoms with Gasteiger partial charge in [-0.3, -0.25) is 4.79 Å². The van der Waals surface area contributed by atoms with Crippen molar-refractivity contribution in [3.05, 3.63) is 35.9 Å². The quantitative estimate of drug-likeness (QED) is 0.369. The van der Waals surface area contributed by atoms with Crippen LogP contribution in [0.25, 0.3) is 0 Å². The Bertz CT molecular complexity index is 667. The summed E-state index contributed by atoms with van der Waals surface area (Å²) in [5.74, 6) is -0.124. The fraction of sp³-hybridized carbons (Fsp3) is 0.708. The average molecular weight is 453 g/mol. The summed E-state index contributed by atoms with van der Waals surface area (Å²) in [6.07, 6.45) is 1.28. The largest absolute Gasteiger partial charge is 0.466 e. The van der Waals surface area contributed by atoms with Crippen LogP contribution in [-0.2, 0) is 28.5 Å². The fourth-order valence-corrected chi connectivity index (χ4v) is 4.01. The SMILES string of the molecule is CCOC(=O)CCCCCCCCO[C@H]1O[C@@H]2COC(c3ccccc3)O[C@H]2[C@H](O)[C@@H]1O. The number of esters is 1. The van der Waals surface area contributed by atoms with Crippen LogP contribution in [0.5, 0.6) is 0 Å². The van der Waals surface area contributed by atoms with Crippen molar-refractivity contribution in [3.8, 4) is 0 Å². The van der Waals surface area contributed by atoms with Gasteiger partial charge in [-0.1, -0.05) is 56.0 Å². The number of ether oxygens (including phenoxy) is 5. The van der Waals surface area contributed by atoms with Crippen LogP contribution in [0, 0.1) is 0 Å². The Hall–Kier alpha value is -1.55. The number of aliphatic hydroxyl groups is 2. The summed E-state index contributed by atoms with van der Waals surface area (Å²) in [7, 11) is 0. The second-order valence-electron chi connectivity index (χ2n) is 8.25. The van der Waals surface area contributed by atoms with Gasteiger partial charge in [-0.15, -0.1) is 0 Å². The Morgan fingerprint density at radius 3 is 2.47 bits per heavy atom. The molecule has 2 aliphatic heterocycles. The van der Waals surface area contributed by atoms with Gasteiger partial charge in [0.05, 0.1) is 13.2 Å². The molecule has 2 heterocycles. The van der Waals surface area contributed by atoms with E-state index in [-0.39, 0.29) is 12.6 Å². The lowest BCUT2D eigenvalue weighted by Crippen LogP contribution is -2.62. The highest BCUT2D eigenvalue weighted by molar-refractivity contribution is 5.69. The molecule has 0 amide bonds. The monoisotopic (exact) mass is 452 g/mol. The maximum atomic E-state index is 11.3. The summed E-state index contributed by atoms with van der Waals surface area (Å²) in [6, 6.07) is 9.48. The van der Waals surface area contributed by atoms with Gasteiger partial charge < -0.3 is 33.9 Å². The van der Waals surface area contributed by atoms with Crippen molar-refractivity contribution in [3.63, 3.8) is 0 Å². The number of fused-ring (bicyclic) bond motifs is 1. The highest BCUT2D eigenvalue weighted by atomic mass is 16.8. The minimum absolute atomic E-state index is 0.124. The van der Waals surface area contributed by atoms with Crippen molar-refractivity contribution in [2.75, 3.05) is 19.8 Å². The third kappa shape index (κ3) is 7.23. The van der Waals surface area contributed by atoms with E-state index in [4.69, 9.17) is 23.7 Å². The van der Waals surface area contributed by atoms with Crippen molar-refractivity contribution < 1.29 is 38.7 Å². The number of hydrogen-bond donors (Lipinski definition) is 2. The Morgan fingerprint density at radius 1 is 1.00 bits per heavy atom. The third-order valence-electron chi connectivity index (χ3n) is 5.77. The highest BCUT2D eigenvalue weighted by Gasteiger charge is 2.49. The van der Waals surface area contributed by atoms with E-state index in [0.717, 1.165) is 44.1 Å². The highest BCUT2D eigenvalue weighted by Crippen LogP contribution is 2.34. The molecule has 1 unspecified atom stereocenters. The molecule has 6 atom stereocenters. The van der Waals surface area contributed by atoms with Crippen LogP contribution in [0.15, 0.2) is 30.3 Å². The Kier molecular flexibility index (Phi) is 10.4. The van der Waals surface area contributed by atoms with Gasteiger partial charge in [0.2, 0.25) is 0 Å². The smallest absolute Gasteiger partial charge is 0.305 e. The van der Waals surface area contributed by atoms with Gasteiger partial charge in [-0.2, -0.15) is 0 Å². The van der Waals surface area contributed by atoms with Crippen LogP contribution < -0.4 is 0 Å². The lowest BCUT2D eigenvalue weighted by Gasteiger charge is -2.46. The summed E-state index contributed by atoms with van der Waals surface area (Å²) < 4.78 is 28.1. The van der Waals surface area contributed by atoms with Crippen molar-refractivity contribution >= 4 is 5.97 Å². The van der Waals surface area contributed by atoms with E-state index in [9.17, 15) is 15.0 Å². The van der Waals surface area contributed by atoms with Gasteiger partial charge in [-0.25, -0.2) is 0 Å². The summed E-state index contributed by atoms with van der Waals surface area (Å²) in [4.78, 5) is 11.3. The standard InChI is InChI=1S/C24H36O8/c1-2-28-19(25)14-10-5-3-4-6-11-15-29-24-21(27)20(26)22-18(31-24)16-30-23(32-22)17-12-8-7-9-13-17/h7-9,12-13,18,20-24,26-27H,2-6,10-11,14-16H2,1H3/t18-,20-,21+,22-,23?,24+/m1/s1. The van der Waals surface area contributed by atoms with E-state index in [1.165, 1.54) is 0 Å². The normalized spacial score (nSPS) is 30.0. The minimum Gasteiger partial charge on any atom is -0.466 e. The zero-order chi connectivity index (χ0) is 22.8. The number of aliphatic hydroxyl groups excluding tert-OH is 2. The average Bonchev–Trinajstić information content (AvgIpc) is 2.81. The summed E-state index contributed by atoms with van der Waals surface area (Å²) in [5, 5.41) is 21.0. The Balaban J connectivity index is 1.30. The minimum atomic E-state index is -1.19. The second-order valence-corrected chi connectivity index (χ2v) is 8.25. The van der Waals surface area contributed by atoms with Crippen LogP contribution in [0.2, 0.25) is 0 Å². The lowest BCUT2D eigenvalue weighted by molar-refractivity contribution is -0.361. The Morgan fingerprint density at radius 2 is 1.72 bits per heavy atom. The lowest BCUT2D eigenvalue weighted by atomic mass is 9.98. The number of carbonyl (C=O) groups is 1. The van der Waals surface area contributed by atoms with Crippen molar-refractivity contribution in [2.45, 2.75) is 88.9 Å². The molecule has 0 bridgehead atoms. The van der Waals surface area contributed by atoms with E-state index in [2.05, 4.69) is 0 Å². The summed E-state index contributed by atoms with van der Waals surface area (Å²) >= 11 is 0. The molecule has 8 nitrogen and oxygen atoms in total. The van der Waals surface area contributed by atoms with Crippen LogP contribution >= 0.6 is 0 Å². The fourth-order valence-electron chi connectivity index (χ4n) is 4.01. The molecule has 2 aliphatic rings. The molecular weight excluding hydrogens is 416 g/mol. The van der Waals surface area contributed by atoms with E-state index in [0.29, 0.717) is 19.6 Å². The first-order chi connectivity index (χ1) is 15.6. The van der Waals surface area contributed by atoms with Gasteiger partial charge in [0.1, 0.15) is 24.4 Å². The summed E-state index contributed by atoms with van der Waals surface area (Å²) in [6.45, 7) is 2.93. The topological polar surface area (TPSA) is 104 Å². The molecule has 180 valence electrons. The van der Waals surface area contributed by atoms with Crippen molar-refractivity contribution in [1.82, 2.24) is 0 Å². The molecule has 2 N–H and O–H groups in total. The predicted octanol–water partition coefficient (Wildman–Crippen LogP) is 2.86. The van der Waals surface area contributed by atoms with Gasteiger partial charge >= 0.3 is 5.97 Å². The Labute approximate surface area is 189 Å². The molecule has 2 saturated heterocycles. The van der Waals surface area contributed by atoms with Crippen LogP contribution in [0.4, 0.5) is 0 Å². The van der Waals surface area contributed by atoms with Crippen molar-refractivity contribution in [2.24, 2.45) is 0 Å². The third-order valence-corrected chi connectivity index (χ3v) is 5.77. The van der Waals surface area contributed by atoms with Gasteiger partial charge in [0.25, 0.3) is 0 Å². The number of rotatable bonds is 12. The van der Waals surface area contributed by atoms with Crippen LogP contribution in [-0.4, -0.2) is 66.7 Å². The van der Waals surface area contributed by atoms with Crippen molar-refractivity contribution in [1.29, 1.82) is 0 Å². The van der Waals surface area contributed by atoms with E-state index < -0.39 is 37.0 Å². The molecule has 1 aromatic rings. The maximum absolute atomic E-state index is 11.3. The number of benzene rings is 1. The molecule has 0 saturated carbocycles. The van der Waals surface area contributed by atoms with Gasteiger partial charge in [-0.05, 0) is 19.8 Å². The molecule has 2 fully saturated rings. The molecule has 3 rings (SSSR count). The predicted molar refractivity (Wildman–Crippen MR) is 116 cm³/mol. The van der Waals surface area contributed by atoms with E-state index in [1.807, 2.05) is 37.3 Å². The summed E-state index contributed by atoms with van der Waals surface area (Å²) in [5.41, 5.74) is 0.854. The molecule has 0 aliphatic carbocycles. The molecule has 32 heavy (non-hydrogen) atoms. The number of unbranched alkanes of at least 4 members (excludes halogenated alkanes) is 5. The zero-order valence-corrected chi connectivity index (χ0v) is 18.8. The first-order valence-corrected chi connectivity index (χ1v) is 11.7. The maximum Gasteiger partial charge on any atom is 0.305 e. The molecular formula is C24H36O8. The van der Waals surface area contributed by atoms with Crippen LogP contribution in [0.3, 0.4) is 0 Å². The molecule has 0 aromatic heterocycles. The molecule has 0 radical (unpaired) electrons. The zero-order valence-electron chi connectivity index (χ0n) is 18.8. The number of carbonyl (C=O) groups excluding carboxylic acids is 1.